The van der Waals surface area contributed by atoms with Crippen LogP contribution in [0, 0.1) is 18.3 Å². The standard InChI is InChI=1S/C12H12N4O/c1-9-5-11(15-17-9)8-16(2)12-6-10(7-13)3-4-14-12/h3-6H,8H2,1-2H3. The highest BCUT2D eigenvalue weighted by Crippen LogP contribution is 2.13. The quantitative estimate of drug-likeness (QED) is 0.802. The Morgan fingerprint density at radius 3 is 2.94 bits per heavy atom. The molecule has 2 aromatic rings. The first-order chi connectivity index (χ1) is 8.19. The molecule has 0 aliphatic carbocycles. The Labute approximate surface area is 99.3 Å². The number of nitrogens with zero attached hydrogens (tertiary/aromatic N) is 4. The van der Waals surface area contributed by atoms with Crippen molar-refractivity contribution in [3.63, 3.8) is 0 Å². The summed E-state index contributed by atoms with van der Waals surface area (Å²) in [5, 5.41) is 12.7. The maximum Gasteiger partial charge on any atom is 0.133 e. The molecule has 2 rings (SSSR count). The summed E-state index contributed by atoms with van der Waals surface area (Å²) < 4.78 is 5.00. The molecule has 86 valence electrons. The van der Waals surface area contributed by atoms with E-state index in [-0.39, 0.29) is 0 Å². The topological polar surface area (TPSA) is 66.0 Å². The predicted octanol–water partition coefficient (Wildman–Crippen LogP) is 1.89. The first-order valence-electron chi connectivity index (χ1n) is 5.18. The minimum Gasteiger partial charge on any atom is -0.361 e. The molecule has 2 heterocycles. The number of aromatic nitrogens is 2. The highest BCUT2D eigenvalue weighted by atomic mass is 16.5. The number of rotatable bonds is 3. The third-order valence-electron chi connectivity index (χ3n) is 2.34. The number of hydrogen-bond acceptors (Lipinski definition) is 5. The van der Waals surface area contributed by atoms with Crippen molar-refractivity contribution < 1.29 is 4.52 Å². The van der Waals surface area contributed by atoms with E-state index in [1.807, 2.05) is 24.9 Å². The largest absolute Gasteiger partial charge is 0.361 e. The second-order valence-corrected chi connectivity index (χ2v) is 3.80. The highest BCUT2D eigenvalue weighted by Gasteiger charge is 2.07. The average molecular weight is 228 g/mol. The average Bonchev–Trinajstić information content (AvgIpc) is 2.75. The molecule has 0 N–H and O–H groups in total. The van der Waals surface area contributed by atoms with Crippen molar-refractivity contribution >= 4 is 5.82 Å². The van der Waals surface area contributed by atoms with Crippen molar-refractivity contribution in [1.29, 1.82) is 5.26 Å². The van der Waals surface area contributed by atoms with E-state index >= 15 is 0 Å². The van der Waals surface area contributed by atoms with Gasteiger partial charge in [-0.25, -0.2) is 4.98 Å². The monoisotopic (exact) mass is 228 g/mol. The van der Waals surface area contributed by atoms with Crippen molar-refractivity contribution in [3.8, 4) is 6.07 Å². The van der Waals surface area contributed by atoms with E-state index in [1.54, 1.807) is 18.3 Å². The van der Waals surface area contributed by atoms with Crippen molar-refractivity contribution in [3.05, 3.63) is 41.4 Å². The molecule has 0 atom stereocenters. The van der Waals surface area contributed by atoms with Gasteiger partial charge in [0.25, 0.3) is 0 Å². The Hall–Kier alpha value is -2.35. The van der Waals surface area contributed by atoms with Crippen LogP contribution in [0.2, 0.25) is 0 Å². The third kappa shape index (κ3) is 2.61. The zero-order valence-corrected chi connectivity index (χ0v) is 9.71. The lowest BCUT2D eigenvalue weighted by molar-refractivity contribution is 0.390. The summed E-state index contributed by atoms with van der Waals surface area (Å²) in [6.45, 7) is 2.45. The molecule has 0 fully saturated rings. The number of anilines is 1. The first-order valence-corrected chi connectivity index (χ1v) is 5.18. The molecule has 0 saturated heterocycles. The molecule has 0 radical (unpaired) electrons. The van der Waals surface area contributed by atoms with E-state index < -0.39 is 0 Å². The van der Waals surface area contributed by atoms with Gasteiger partial charge < -0.3 is 9.42 Å². The van der Waals surface area contributed by atoms with Crippen LogP contribution in [0.25, 0.3) is 0 Å². The molecule has 0 aromatic carbocycles. The Balaban J connectivity index is 2.14. The number of aryl methyl sites for hydroxylation is 1. The van der Waals surface area contributed by atoms with Crippen LogP contribution in [0.5, 0.6) is 0 Å². The summed E-state index contributed by atoms with van der Waals surface area (Å²) in [6, 6.07) is 7.39. The van der Waals surface area contributed by atoms with Crippen LogP contribution in [-0.4, -0.2) is 17.2 Å². The van der Waals surface area contributed by atoms with Crippen LogP contribution >= 0.6 is 0 Å². The van der Waals surface area contributed by atoms with Gasteiger partial charge in [0.05, 0.1) is 18.2 Å². The van der Waals surface area contributed by atoms with Gasteiger partial charge in [-0.05, 0) is 19.1 Å². The molecule has 17 heavy (non-hydrogen) atoms. The van der Waals surface area contributed by atoms with Crippen LogP contribution in [0.3, 0.4) is 0 Å². The van der Waals surface area contributed by atoms with Crippen molar-refractivity contribution in [2.45, 2.75) is 13.5 Å². The molecule has 0 unspecified atom stereocenters. The van der Waals surface area contributed by atoms with Gasteiger partial charge in [0.1, 0.15) is 17.3 Å². The second kappa shape index (κ2) is 4.66. The van der Waals surface area contributed by atoms with Gasteiger partial charge >= 0.3 is 0 Å². The predicted molar refractivity (Wildman–Crippen MR) is 62.3 cm³/mol. The fraction of sp³-hybridized carbons (Fsp3) is 0.250. The maximum atomic E-state index is 8.81. The van der Waals surface area contributed by atoms with Crippen LogP contribution in [0.4, 0.5) is 5.82 Å². The van der Waals surface area contributed by atoms with E-state index in [9.17, 15) is 0 Å². The van der Waals surface area contributed by atoms with Gasteiger partial charge in [-0.2, -0.15) is 5.26 Å². The van der Waals surface area contributed by atoms with Gasteiger partial charge in [0, 0.05) is 19.3 Å². The fourth-order valence-electron chi connectivity index (χ4n) is 1.51. The van der Waals surface area contributed by atoms with Gasteiger partial charge in [-0.3, -0.25) is 0 Å². The Morgan fingerprint density at radius 1 is 1.47 bits per heavy atom. The Morgan fingerprint density at radius 2 is 2.29 bits per heavy atom. The minimum absolute atomic E-state index is 0.596. The second-order valence-electron chi connectivity index (χ2n) is 3.80. The van der Waals surface area contributed by atoms with E-state index in [1.165, 1.54) is 0 Å². The van der Waals surface area contributed by atoms with Gasteiger partial charge in [-0.15, -0.1) is 0 Å². The molecule has 5 heteroatoms. The lowest BCUT2D eigenvalue weighted by atomic mass is 10.3. The maximum absolute atomic E-state index is 8.81. The lowest BCUT2D eigenvalue weighted by Gasteiger charge is -2.16. The van der Waals surface area contributed by atoms with E-state index in [4.69, 9.17) is 9.78 Å². The fourth-order valence-corrected chi connectivity index (χ4v) is 1.51. The SMILES string of the molecule is Cc1cc(CN(C)c2cc(C#N)ccn2)no1. The summed E-state index contributed by atoms with van der Waals surface area (Å²) in [5.41, 5.74) is 1.44. The van der Waals surface area contributed by atoms with Gasteiger partial charge in [0.2, 0.25) is 0 Å². The summed E-state index contributed by atoms with van der Waals surface area (Å²) >= 11 is 0. The zero-order chi connectivity index (χ0) is 12.3. The summed E-state index contributed by atoms with van der Waals surface area (Å²) in [7, 11) is 1.90. The van der Waals surface area contributed by atoms with Crippen molar-refractivity contribution in [2.75, 3.05) is 11.9 Å². The normalized spacial score (nSPS) is 9.94. The molecule has 0 amide bonds. The number of pyridine rings is 1. The smallest absolute Gasteiger partial charge is 0.133 e. The highest BCUT2D eigenvalue weighted by molar-refractivity contribution is 5.44. The number of hydrogen-bond donors (Lipinski definition) is 0. The van der Waals surface area contributed by atoms with Gasteiger partial charge in [0.15, 0.2) is 0 Å². The summed E-state index contributed by atoms with van der Waals surface area (Å²) in [6.07, 6.45) is 1.62. The first kappa shape index (κ1) is 11.1. The molecule has 0 spiro atoms. The van der Waals surface area contributed by atoms with E-state index in [2.05, 4.69) is 16.2 Å². The third-order valence-corrected chi connectivity index (χ3v) is 2.34. The molecular weight excluding hydrogens is 216 g/mol. The number of nitriles is 1. The van der Waals surface area contributed by atoms with E-state index in [0.29, 0.717) is 12.1 Å². The molecule has 0 saturated carbocycles. The molecule has 2 aromatic heterocycles. The zero-order valence-electron chi connectivity index (χ0n) is 9.71. The van der Waals surface area contributed by atoms with Crippen LogP contribution in [0.15, 0.2) is 28.9 Å². The Bertz CT molecular complexity index is 556. The van der Waals surface area contributed by atoms with Crippen LogP contribution < -0.4 is 4.90 Å². The molecule has 0 bridgehead atoms. The molecule has 0 aliphatic rings. The van der Waals surface area contributed by atoms with Crippen molar-refractivity contribution in [2.24, 2.45) is 0 Å². The minimum atomic E-state index is 0.596. The van der Waals surface area contributed by atoms with Crippen molar-refractivity contribution in [1.82, 2.24) is 10.1 Å². The lowest BCUT2D eigenvalue weighted by Crippen LogP contribution is -2.17. The van der Waals surface area contributed by atoms with Crippen LogP contribution in [0.1, 0.15) is 17.0 Å². The molecule has 5 nitrogen and oxygen atoms in total. The summed E-state index contributed by atoms with van der Waals surface area (Å²) in [4.78, 5) is 6.12. The van der Waals surface area contributed by atoms with Gasteiger partial charge in [-0.1, -0.05) is 5.16 Å². The molecular formula is C12H12N4O. The van der Waals surface area contributed by atoms with E-state index in [0.717, 1.165) is 17.3 Å². The Kier molecular flexibility index (Phi) is 3.06. The van der Waals surface area contributed by atoms with Crippen LogP contribution in [-0.2, 0) is 6.54 Å². The molecule has 0 aliphatic heterocycles. The summed E-state index contributed by atoms with van der Waals surface area (Å²) in [5.74, 6) is 1.52.